The highest BCUT2D eigenvalue weighted by Gasteiger charge is 2.26. The normalized spacial score (nSPS) is 17.1. The third kappa shape index (κ3) is 7.51. The molecule has 1 N–H and O–H groups in total. The Morgan fingerprint density at radius 2 is 1.49 bits per heavy atom. The highest BCUT2D eigenvalue weighted by molar-refractivity contribution is 7.89. The van der Waals surface area contributed by atoms with Gasteiger partial charge in [0, 0.05) is 70.7 Å². The Kier molecular flexibility index (Phi) is 9.87. The van der Waals surface area contributed by atoms with Gasteiger partial charge in [0.25, 0.3) is 0 Å². The maximum Gasteiger partial charge on any atom is 0.243 e. The smallest absolute Gasteiger partial charge is 0.243 e. The fraction of sp³-hybridized carbons (Fsp3) is 0.552. The predicted octanol–water partition coefficient (Wildman–Crippen LogP) is 3.18. The molecule has 0 spiro atoms. The van der Waals surface area contributed by atoms with Crippen LogP contribution in [0.2, 0.25) is 0 Å². The van der Waals surface area contributed by atoms with E-state index in [1.54, 1.807) is 33.1 Å². The molecule has 4 rings (SSSR count). The summed E-state index contributed by atoms with van der Waals surface area (Å²) < 4.78 is 32.9. The zero-order valence-electron chi connectivity index (χ0n) is 23.8. The Hall–Kier alpha value is -2.66. The molecule has 2 aliphatic rings. The number of hydrogen-bond donors (Lipinski definition) is 1. The summed E-state index contributed by atoms with van der Waals surface area (Å²) >= 11 is 0. The van der Waals surface area contributed by atoms with Gasteiger partial charge in [-0.25, -0.2) is 12.7 Å². The summed E-state index contributed by atoms with van der Waals surface area (Å²) in [5, 5.41) is 2.90. The van der Waals surface area contributed by atoms with Gasteiger partial charge >= 0.3 is 0 Å². The van der Waals surface area contributed by atoms with Crippen molar-refractivity contribution in [3.05, 3.63) is 47.5 Å². The second kappa shape index (κ2) is 13.1. The van der Waals surface area contributed by atoms with E-state index in [1.165, 1.54) is 43.8 Å². The van der Waals surface area contributed by atoms with Gasteiger partial charge in [-0.15, -0.1) is 0 Å². The van der Waals surface area contributed by atoms with Crippen molar-refractivity contribution in [3.63, 3.8) is 0 Å². The molecule has 10 heteroatoms. The summed E-state index contributed by atoms with van der Waals surface area (Å²) in [6, 6.07) is 11.3. The Morgan fingerprint density at radius 1 is 0.923 bits per heavy atom. The number of nitrogens with one attached hydrogen (secondary N) is 1. The summed E-state index contributed by atoms with van der Waals surface area (Å²) in [7, 11) is -0.677. The fourth-order valence-corrected chi connectivity index (χ4v) is 7.04. The zero-order chi connectivity index (χ0) is 28.0. The van der Waals surface area contributed by atoms with Gasteiger partial charge in [0.1, 0.15) is 5.75 Å². The van der Waals surface area contributed by atoms with Gasteiger partial charge in [0.2, 0.25) is 15.9 Å². The summed E-state index contributed by atoms with van der Waals surface area (Å²) in [5.41, 5.74) is 3.10. The van der Waals surface area contributed by atoms with Gasteiger partial charge < -0.3 is 19.9 Å². The van der Waals surface area contributed by atoms with Crippen molar-refractivity contribution >= 4 is 27.3 Å². The van der Waals surface area contributed by atoms with Gasteiger partial charge in [-0.05, 0) is 87.3 Å². The number of amides is 1. The molecule has 0 aliphatic carbocycles. The molecule has 214 valence electrons. The third-order valence-corrected chi connectivity index (χ3v) is 9.97. The van der Waals surface area contributed by atoms with Crippen molar-refractivity contribution in [1.29, 1.82) is 0 Å². The lowest BCUT2D eigenvalue weighted by molar-refractivity contribution is -0.116. The van der Waals surface area contributed by atoms with Crippen LogP contribution in [0.1, 0.15) is 30.4 Å². The second-order valence-corrected chi connectivity index (χ2v) is 12.6. The number of nitrogens with zero attached hydrogens (tertiary/aromatic N) is 4. The first-order valence-corrected chi connectivity index (χ1v) is 15.3. The van der Waals surface area contributed by atoms with E-state index in [0.29, 0.717) is 22.6 Å². The monoisotopic (exact) mass is 557 g/mol. The number of aryl methyl sites for hydroxylation is 2. The number of sulfonamides is 1. The van der Waals surface area contributed by atoms with Crippen LogP contribution >= 0.6 is 0 Å². The first-order valence-electron chi connectivity index (χ1n) is 13.9. The summed E-state index contributed by atoms with van der Waals surface area (Å²) in [5.74, 6) is 0.395. The van der Waals surface area contributed by atoms with Gasteiger partial charge in [-0.2, -0.15) is 0 Å². The van der Waals surface area contributed by atoms with Crippen LogP contribution in [-0.2, 0) is 14.8 Å². The minimum atomic E-state index is -3.74. The van der Waals surface area contributed by atoms with Gasteiger partial charge in [0.05, 0.1) is 12.0 Å². The molecule has 2 saturated heterocycles. The van der Waals surface area contributed by atoms with Crippen LogP contribution < -0.4 is 15.0 Å². The Balaban J connectivity index is 1.23. The minimum Gasteiger partial charge on any atom is -0.497 e. The molecule has 2 aliphatic heterocycles. The van der Waals surface area contributed by atoms with E-state index < -0.39 is 10.0 Å². The van der Waals surface area contributed by atoms with E-state index in [2.05, 4.69) is 20.0 Å². The molecule has 2 heterocycles. The molecule has 9 nitrogen and oxygen atoms in total. The molecular formula is C29H43N5O4S. The molecule has 2 aromatic rings. The number of carbonyl (C=O) groups is 1. The molecule has 2 aromatic carbocycles. The maximum atomic E-state index is 13.2. The lowest BCUT2D eigenvalue weighted by atomic mass is 10.1. The van der Waals surface area contributed by atoms with Crippen LogP contribution in [0.4, 0.5) is 11.4 Å². The number of anilines is 2. The molecular weight excluding hydrogens is 514 g/mol. The van der Waals surface area contributed by atoms with Gasteiger partial charge in [-0.1, -0.05) is 0 Å². The number of benzene rings is 2. The van der Waals surface area contributed by atoms with Crippen molar-refractivity contribution in [3.8, 4) is 5.75 Å². The summed E-state index contributed by atoms with van der Waals surface area (Å²) in [4.78, 5) is 20.4. The number of ether oxygens (including phenoxy) is 1. The van der Waals surface area contributed by atoms with Crippen molar-refractivity contribution < 1.29 is 17.9 Å². The molecule has 0 unspecified atom stereocenters. The van der Waals surface area contributed by atoms with Crippen LogP contribution in [0.5, 0.6) is 5.75 Å². The van der Waals surface area contributed by atoms with Crippen LogP contribution in [0.3, 0.4) is 0 Å². The number of likely N-dealkylation sites (tertiary alicyclic amines) is 1. The highest BCUT2D eigenvalue weighted by Crippen LogP contribution is 2.28. The molecule has 0 saturated carbocycles. The topological polar surface area (TPSA) is 85.4 Å². The van der Waals surface area contributed by atoms with E-state index in [9.17, 15) is 13.2 Å². The van der Waals surface area contributed by atoms with Crippen molar-refractivity contribution in [2.45, 2.75) is 38.0 Å². The maximum absolute atomic E-state index is 13.2. The van der Waals surface area contributed by atoms with Crippen molar-refractivity contribution in [1.82, 2.24) is 14.1 Å². The van der Waals surface area contributed by atoms with E-state index in [4.69, 9.17) is 4.74 Å². The van der Waals surface area contributed by atoms with E-state index in [-0.39, 0.29) is 23.8 Å². The highest BCUT2D eigenvalue weighted by atomic mass is 32.2. The Bertz CT molecular complexity index is 1200. The van der Waals surface area contributed by atoms with E-state index in [0.717, 1.165) is 38.4 Å². The molecule has 39 heavy (non-hydrogen) atoms. The van der Waals surface area contributed by atoms with Crippen LogP contribution in [0.15, 0.2) is 41.3 Å². The summed E-state index contributed by atoms with van der Waals surface area (Å²) in [6.07, 6.45) is 2.74. The minimum absolute atomic E-state index is 0.0606. The molecule has 0 aromatic heterocycles. The lowest BCUT2D eigenvalue weighted by Gasteiger charge is -2.36. The van der Waals surface area contributed by atoms with Crippen LogP contribution in [-0.4, -0.2) is 101 Å². The standard InChI is InChI=1S/C29H43N5O4S/c1-23-21-27(38-4)22-24(2)29(23)39(36,37)31(3)14-11-28(35)30-25-7-9-26(10-8-25)34-19-17-33(18-20-34)16-15-32-12-5-6-13-32/h7-10,21-22H,5-6,11-20H2,1-4H3,(H,30,35). The predicted molar refractivity (Wildman–Crippen MR) is 156 cm³/mol. The number of rotatable bonds is 11. The Morgan fingerprint density at radius 3 is 2.05 bits per heavy atom. The van der Waals surface area contributed by atoms with Crippen molar-refractivity contribution in [2.24, 2.45) is 0 Å². The van der Waals surface area contributed by atoms with E-state index >= 15 is 0 Å². The zero-order valence-corrected chi connectivity index (χ0v) is 24.6. The van der Waals surface area contributed by atoms with E-state index in [1.807, 2.05) is 24.3 Å². The summed E-state index contributed by atoms with van der Waals surface area (Å²) in [6.45, 7) is 12.5. The average molecular weight is 558 g/mol. The third-order valence-electron chi connectivity index (χ3n) is 7.81. The quantitative estimate of drug-likeness (QED) is 0.454. The number of piperazine rings is 1. The first kappa shape index (κ1) is 29.3. The molecule has 2 fully saturated rings. The largest absolute Gasteiger partial charge is 0.497 e. The number of carbonyl (C=O) groups excluding carboxylic acids is 1. The van der Waals surface area contributed by atoms with Crippen LogP contribution in [0, 0.1) is 13.8 Å². The fourth-order valence-electron chi connectivity index (χ4n) is 5.47. The lowest BCUT2D eigenvalue weighted by Crippen LogP contribution is -2.48. The molecule has 0 radical (unpaired) electrons. The molecule has 0 bridgehead atoms. The van der Waals surface area contributed by atoms with Gasteiger partial charge in [-0.3, -0.25) is 9.69 Å². The van der Waals surface area contributed by atoms with Crippen LogP contribution in [0.25, 0.3) is 0 Å². The Labute approximate surface area is 233 Å². The second-order valence-electron chi connectivity index (χ2n) is 10.6. The number of methoxy groups -OCH3 is 1. The molecule has 1 amide bonds. The van der Waals surface area contributed by atoms with Crippen molar-refractivity contribution in [2.75, 3.05) is 83.3 Å². The number of hydrogen-bond acceptors (Lipinski definition) is 7. The average Bonchev–Trinajstić information content (AvgIpc) is 3.44. The molecule has 0 atom stereocenters. The SMILES string of the molecule is COc1cc(C)c(S(=O)(=O)N(C)CCC(=O)Nc2ccc(N3CCN(CCN4CCCC4)CC3)cc2)c(C)c1. The van der Waals surface area contributed by atoms with Gasteiger partial charge in [0.15, 0.2) is 0 Å². The first-order chi connectivity index (χ1) is 18.7.